The van der Waals surface area contributed by atoms with E-state index < -0.39 is 89.7 Å². The van der Waals surface area contributed by atoms with Gasteiger partial charge >= 0.3 is 19.5 Å². The number of nitrogens with two attached hydrogens (primary N) is 2. The maximum absolute atomic E-state index is 14.0. The van der Waals surface area contributed by atoms with E-state index in [1.165, 1.54) is 12.4 Å². The molecule has 67 heavy (non-hydrogen) atoms. The molecule has 5 heterocycles. The second kappa shape index (κ2) is 18.3. The van der Waals surface area contributed by atoms with E-state index in [2.05, 4.69) is 42.5 Å². The van der Waals surface area contributed by atoms with Crippen LogP contribution in [-0.4, -0.2) is 76.1 Å². The maximum Gasteiger partial charge on any atom is 0.496 e. The third kappa shape index (κ3) is 10.2. The molecule has 0 radical (unpaired) electrons. The molecule has 4 aromatic heterocycles. The topological polar surface area (TPSA) is 172 Å². The summed E-state index contributed by atoms with van der Waals surface area (Å²) in [5.41, 5.74) is 5.34. The van der Waals surface area contributed by atoms with Gasteiger partial charge in [-0.05, 0) is 74.3 Å². The summed E-state index contributed by atoms with van der Waals surface area (Å²) >= 11 is 2.15. The minimum absolute atomic E-state index is 0. The first-order valence-corrected chi connectivity index (χ1v) is 22.2. The molecule has 6 saturated carbocycles. The van der Waals surface area contributed by atoms with Gasteiger partial charge in [0.05, 0.1) is 47.6 Å². The molecular weight excluding hydrogens is 1010 g/mol. The van der Waals surface area contributed by atoms with E-state index in [-0.39, 0.29) is 41.5 Å². The van der Waals surface area contributed by atoms with Crippen LogP contribution >= 0.6 is 22.6 Å². The largest absolute Gasteiger partial charge is 0.496 e. The molecule has 11 rings (SSSR count). The summed E-state index contributed by atoms with van der Waals surface area (Å²) in [7, 11) is -1.89. The minimum atomic E-state index is -4.63. The van der Waals surface area contributed by atoms with Crippen molar-refractivity contribution in [1.82, 2.24) is 29.1 Å². The molecule has 6 aliphatic carbocycles. The number of nitrogens with zero attached hydrogens (tertiary/aromatic N) is 6. The second-order valence-electron chi connectivity index (χ2n) is 19.8. The number of imidazole rings is 2. The number of rotatable bonds is 8. The van der Waals surface area contributed by atoms with E-state index in [9.17, 15) is 49.7 Å². The SMILES string of the molecule is C.CC(C)C(O)c1nc(-c2cnc(N)c(C(F)(F)F)c2)cn1C12CC(F)(C1)C2.CC(C)C(O)c1nc(I)cn1C12CC(F)(C1)C2.CC1(C)OB(c2cnc(N)c(C(F)(F)F)c2)OC1(C)C.[2H]CF. The van der Waals surface area contributed by atoms with Crippen LogP contribution < -0.4 is 16.9 Å². The summed E-state index contributed by atoms with van der Waals surface area (Å²) in [6.07, 6.45) is -1.90. The normalized spacial score (nSPS) is 27.2. The lowest BCUT2D eigenvalue weighted by molar-refractivity contribution is -0.201. The van der Waals surface area contributed by atoms with Gasteiger partial charge in [-0.25, -0.2) is 28.7 Å². The Morgan fingerprint density at radius 2 is 1.12 bits per heavy atom. The predicted octanol–water partition coefficient (Wildman–Crippen LogP) is 9.82. The van der Waals surface area contributed by atoms with Crippen molar-refractivity contribution in [2.45, 2.75) is 160 Å². The van der Waals surface area contributed by atoms with Crippen molar-refractivity contribution < 1.29 is 60.4 Å². The molecule has 4 bridgehead atoms. The van der Waals surface area contributed by atoms with Gasteiger partial charge in [0.1, 0.15) is 50.5 Å². The molecule has 372 valence electrons. The number of aliphatic hydroxyl groups excluding tert-OH is 2. The van der Waals surface area contributed by atoms with Crippen molar-refractivity contribution in [1.29, 1.82) is 0 Å². The van der Waals surface area contributed by atoms with Crippen molar-refractivity contribution in [2.75, 3.05) is 18.6 Å². The lowest BCUT2D eigenvalue weighted by Gasteiger charge is -2.66. The van der Waals surface area contributed by atoms with E-state index in [1.54, 1.807) is 10.8 Å². The lowest BCUT2D eigenvalue weighted by atomic mass is 9.47. The van der Waals surface area contributed by atoms with Gasteiger partial charge in [0, 0.05) is 74.3 Å². The number of aromatic nitrogens is 6. The average molecular weight is 1070 g/mol. The number of nitrogen functional groups attached to an aromatic ring is 2. The van der Waals surface area contributed by atoms with E-state index in [0.717, 1.165) is 15.8 Å². The Balaban J connectivity index is 0.000000189. The van der Waals surface area contributed by atoms with E-state index >= 15 is 0 Å². The molecule has 2 unspecified atom stereocenters. The third-order valence-corrected chi connectivity index (χ3v) is 13.9. The van der Waals surface area contributed by atoms with Gasteiger partial charge in [-0.1, -0.05) is 35.1 Å². The standard InChI is InChI=1S/C18H20F4N4O.C12H16BF3N2O2.C12H16FIN2O.CH3F.CH4/c1-9(2)13(27)15-25-12(5-26(15)17-6-16(19,7-17)8-17)10-3-11(18(20,21)22)14(23)24-4-10;1-10(2)11(3,4)20-13(19-10)7-5-8(12(14,15)16)9(17)18-6-7;1-7(2)9(17)10-15-8(14)3-16(10)12-4-11(13,5-12)6-12;1-2;/h3-5,9,13,27H,6-8H2,1-2H3,(H2,23,24);5-6H,1-4H3,(H2,17,18);3,7,9,17H,4-6H2,1-2H3;1H3;1H4/i;;;1D;. The Labute approximate surface area is 399 Å². The van der Waals surface area contributed by atoms with Crippen LogP contribution in [0.4, 0.5) is 51.1 Å². The smallest absolute Gasteiger partial charge is 0.399 e. The van der Waals surface area contributed by atoms with Crippen molar-refractivity contribution in [3.8, 4) is 11.3 Å². The average Bonchev–Trinajstić information content (AvgIpc) is 3.83. The van der Waals surface area contributed by atoms with E-state index in [4.69, 9.17) is 22.1 Å². The Morgan fingerprint density at radius 1 is 0.731 bits per heavy atom. The lowest BCUT2D eigenvalue weighted by Crippen LogP contribution is -2.70. The fourth-order valence-corrected chi connectivity index (χ4v) is 9.61. The van der Waals surface area contributed by atoms with Gasteiger partial charge in [0.15, 0.2) is 0 Å². The van der Waals surface area contributed by atoms with Crippen LogP contribution in [0.3, 0.4) is 0 Å². The van der Waals surface area contributed by atoms with Gasteiger partial charge < -0.3 is 40.1 Å². The van der Waals surface area contributed by atoms with Crippen LogP contribution in [0.15, 0.2) is 36.9 Å². The van der Waals surface area contributed by atoms with Gasteiger partial charge in [-0.3, -0.25) is 4.39 Å². The summed E-state index contributed by atoms with van der Waals surface area (Å²) in [6, 6.07) is 1.82. The molecule has 2 atom stereocenters. The number of pyridine rings is 2. The summed E-state index contributed by atoms with van der Waals surface area (Å²) in [4.78, 5) is 16.0. The highest BCUT2D eigenvalue weighted by molar-refractivity contribution is 14.1. The monoisotopic (exact) mass is 1070 g/mol. The molecule has 1 saturated heterocycles. The molecule has 0 aromatic carbocycles. The molecule has 12 nitrogen and oxygen atoms in total. The van der Waals surface area contributed by atoms with Crippen molar-refractivity contribution in [2.24, 2.45) is 11.8 Å². The Kier molecular flexibility index (Phi) is 14.4. The predicted molar refractivity (Wildman–Crippen MR) is 244 cm³/mol. The third-order valence-electron chi connectivity index (χ3n) is 13.4. The second-order valence-corrected chi connectivity index (χ2v) is 20.9. The Bertz CT molecular complexity index is 2400. The van der Waals surface area contributed by atoms with Crippen LogP contribution in [-0.2, 0) is 32.7 Å². The number of alkyl halides is 9. The number of hydrogen-bond acceptors (Lipinski definition) is 10. The fourth-order valence-electron chi connectivity index (χ4n) is 9.08. The molecule has 7 fully saturated rings. The van der Waals surface area contributed by atoms with E-state index in [0.29, 0.717) is 50.2 Å². The zero-order chi connectivity index (χ0) is 50.2. The highest BCUT2D eigenvalue weighted by Crippen LogP contribution is 2.69. The zero-order valence-corrected chi connectivity index (χ0v) is 39.8. The Morgan fingerprint density at radius 3 is 1.52 bits per heavy atom. The number of aliphatic hydroxyl groups is 2. The summed E-state index contributed by atoms with van der Waals surface area (Å²) < 4.78 is 137. The zero-order valence-electron chi connectivity index (χ0n) is 38.6. The van der Waals surface area contributed by atoms with Crippen LogP contribution in [0, 0.1) is 15.5 Å². The minimum Gasteiger partial charge on any atom is -0.399 e. The molecule has 6 N–H and O–H groups in total. The van der Waals surface area contributed by atoms with Crippen molar-refractivity contribution in [3.63, 3.8) is 0 Å². The highest BCUT2D eigenvalue weighted by Gasteiger charge is 2.71. The highest BCUT2D eigenvalue weighted by atomic mass is 127. The van der Waals surface area contributed by atoms with E-state index in [1.807, 2.05) is 66.2 Å². The summed E-state index contributed by atoms with van der Waals surface area (Å²) in [5.74, 6) is -0.150. The van der Waals surface area contributed by atoms with Crippen LogP contribution in [0.2, 0.25) is 0 Å². The quantitative estimate of drug-likeness (QED) is 0.0756. The molecule has 0 spiro atoms. The molecular formula is C44H59BF9IN8O4. The van der Waals surface area contributed by atoms with Crippen molar-refractivity contribution in [3.05, 3.63) is 63.4 Å². The first-order chi connectivity index (χ1) is 30.6. The summed E-state index contributed by atoms with van der Waals surface area (Å²) in [6.45, 7) is 14.9. The van der Waals surface area contributed by atoms with Crippen molar-refractivity contribution >= 4 is 46.8 Å². The first kappa shape index (κ1) is 52.7. The first-order valence-electron chi connectivity index (χ1n) is 21.8. The van der Waals surface area contributed by atoms with Gasteiger partial charge in [0.25, 0.3) is 0 Å². The molecule has 4 aromatic rings. The molecule has 0 amide bonds. The maximum atomic E-state index is 14.0. The number of halogens is 10. The molecule has 7 aliphatic rings. The Hall–Kier alpha value is -3.68. The summed E-state index contributed by atoms with van der Waals surface area (Å²) in [5, 5.41) is 20.7. The number of anilines is 2. The van der Waals surface area contributed by atoms with Gasteiger partial charge in [-0.15, -0.1) is 0 Å². The van der Waals surface area contributed by atoms with Crippen LogP contribution in [0.25, 0.3) is 11.3 Å². The van der Waals surface area contributed by atoms with Crippen LogP contribution in [0.1, 0.15) is 138 Å². The molecule has 23 heteroatoms. The fraction of sp³-hybridized carbons (Fsp3) is 0.636. The van der Waals surface area contributed by atoms with Crippen LogP contribution in [0.5, 0.6) is 0 Å². The number of hydrogen-bond donors (Lipinski definition) is 4. The molecule has 1 aliphatic heterocycles. The van der Waals surface area contributed by atoms with Gasteiger partial charge in [-0.2, -0.15) is 26.3 Å². The van der Waals surface area contributed by atoms with Gasteiger partial charge in [0.2, 0.25) is 0 Å².